The summed E-state index contributed by atoms with van der Waals surface area (Å²) in [7, 11) is 0. The van der Waals surface area contributed by atoms with Gasteiger partial charge in [-0.05, 0) is 122 Å². The minimum absolute atomic E-state index is 0.274. The van der Waals surface area contributed by atoms with Gasteiger partial charge in [-0.3, -0.25) is 4.57 Å². The summed E-state index contributed by atoms with van der Waals surface area (Å²) in [6.45, 7) is 12.7. The molecule has 1 aromatic rings. The molecule has 196 valence electrons. The Bertz CT molecular complexity index is 867. The molecule has 0 aliphatic heterocycles. The van der Waals surface area contributed by atoms with E-state index in [0.717, 1.165) is 47.8 Å². The Hall–Kier alpha value is -0.900. The van der Waals surface area contributed by atoms with E-state index in [1.165, 1.54) is 70.6 Å². The highest BCUT2D eigenvalue weighted by Crippen LogP contribution is 2.68. The Morgan fingerprint density at radius 2 is 1.77 bits per heavy atom. The fourth-order valence-electron chi connectivity index (χ4n) is 9.92. The molecule has 1 heterocycles. The van der Waals surface area contributed by atoms with Crippen LogP contribution >= 0.6 is 12.2 Å². The smallest absolute Gasteiger partial charge is 0.269 e. The summed E-state index contributed by atoms with van der Waals surface area (Å²) in [5.74, 6) is 6.37. The molecule has 0 aromatic carbocycles. The van der Waals surface area contributed by atoms with E-state index in [4.69, 9.17) is 17.0 Å². The van der Waals surface area contributed by atoms with Crippen molar-refractivity contribution in [1.82, 2.24) is 9.55 Å². The lowest BCUT2D eigenvalue weighted by molar-refractivity contribution is -0.127. The van der Waals surface area contributed by atoms with Crippen LogP contribution in [0.15, 0.2) is 18.7 Å². The topological polar surface area (TPSA) is 27.1 Å². The van der Waals surface area contributed by atoms with Crippen molar-refractivity contribution in [3.8, 4) is 0 Å². The highest BCUT2D eigenvalue weighted by atomic mass is 32.1. The fraction of sp³-hybridized carbons (Fsp3) is 0.871. The van der Waals surface area contributed by atoms with E-state index in [9.17, 15) is 0 Å². The van der Waals surface area contributed by atoms with Crippen molar-refractivity contribution >= 4 is 17.4 Å². The highest BCUT2D eigenvalue weighted by molar-refractivity contribution is 7.80. The molecule has 4 aliphatic carbocycles. The number of hydrogen-bond donors (Lipinski definition) is 0. The molecule has 9 atom stereocenters. The van der Waals surface area contributed by atoms with Crippen LogP contribution in [0.2, 0.25) is 0 Å². The van der Waals surface area contributed by atoms with Crippen LogP contribution in [0, 0.1) is 52.3 Å². The third-order valence-corrected chi connectivity index (χ3v) is 12.1. The van der Waals surface area contributed by atoms with Crippen molar-refractivity contribution in [2.45, 2.75) is 118 Å². The summed E-state index contributed by atoms with van der Waals surface area (Å²) in [6, 6.07) is 0. The van der Waals surface area contributed by atoms with Crippen LogP contribution in [0.5, 0.6) is 0 Å². The number of imidazole rings is 1. The normalized spacial score (nSPS) is 41.7. The first-order chi connectivity index (χ1) is 16.7. The molecule has 0 amide bonds. The minimum Gasteiger partial charge on any atom is -0.467 e. The number of aromatic nitrogens is 2. The van der Waals surface area contributed by atoms with Gasteiger partial charge in [0.25, 0.3) is 5.17 Å². The van der Waals surface area contributed by atoms with Gasteiger partial charge < -0.3 is 4.74 Å². The molecule has 0 saturated heterocycles. The Kier molecular flexibility index (Phi) is 7.43. The molecule has 1 aromatic heterocycles. The molecule has 4 aliphatic rings. The standard InChI is InChI=1S/C31H50N2OS/c1-21(2)7-6-8-22(3)26-11-12-27-25-10-9-23-19-24(34-29(35)33-18-17-32-20-33)13-15-30(23,4)28(25)14-16-31(26,27)5/h17-18,20-28H,6-16,19H2,1-5H3/t22-,23+,24+,25+,26-,27+,28+,30+,31-/m1/s1. The summed E-state index contributed by atoms with van der Waals surface area (Å²) >= 11 is 5.56. The van der Waals surface area contributed by atoms with Gasteiger partial charge in [0, 0.05) is 12.4 Å². The Balaban J connectivity index is 1.22. The molecule has 4 fully saturated rings. The lowest BCUT2D eigenvalue weighted by Crippen LogP contribution is -2.54. The number of fused-ring (bicyclic) bond motifs is 5. The van der Waals surface area contributed by atoms with E-state index in [0.29, 0.717) is 16.0 Å². The van der Waals surface area contributed by atoms with E-state index in [1.54, 1.807) is 12.5 Å². The molecule has 4 heteroatoms. The van der Waals surface area contributed by atoms with Gasteiger partial charge in [-0.15, -0.1) is 0 Å². The molecule has 0 unspecified atom stereocenters. The number of nitrogens with zero attached hydrogens (tertiary/aromatic N) is 2. The van der Waals surface area contributed by atoms with Crippen LogP contribution in [-0.4, -0.2) is 20.8 Å². The number of thiocarbonyl (C=S) groups is 1. The van der Waals surface area contributed by atoms with Crippen LogP contribution in [0.4, 0.5) is 0 Å². The van der Waals surface area contributed by atoms with Gasteiger partial charge in [-0.2, -0.15) is 0 Å². The van der Waals surface area contributed by atoms with Crippen LogP contribution in [-0.2, 0) is 4.74 Å². The van der Waals surface area contributed by atoms with Gasteiger partial charge in [0.2, 0.25) is 0 Å². The largest absolute Gasteiger partial charge is 0.467 e. The lowest BCUT2D eigenvalue weighted by atomic mass is 9.44. The van der Waals surface area contributed by atoms with Crippen LogP contribution < -0.4 is 0 Å². The predicted molar refractivity (Wildman–Crippen MR) is 148 cm³/mol. The quantitative estimate of drug-likeness (QED) is 0.368. The highest BCUT2D eigenvalue weighted by Gasteiger charge is 2.60. The van der Waals surface area contributed by atoms with Crippen molar-refractivity contribution in [3.63, 3.8) is 0 Å². The van der Waals surface area contributed by atoms with Crippen molar-refractivity contribution in [2.75, 3.05) is 0 Å². The molecule has 5 rings (SSSR count). The molecule has 0 spiro atoms. The number of hydrogen-bond acceptors (Lipinski definition) is 3. The third-order valence-electron chi connectivity index (χ3n) is 11.8. The van der Waals surface area contributed by atoms with Gasteiger partial charge in [0.1, 0.15) is 12.4 Å². The average molecular weight is 499 g/mol. The summed E-state index contributed by atoms with van der Waals surface area (Å²) < 4.78 is 8.13. The summed E-state index contributed by atoms with van der Waals surface area (Å²) in [5.41, 5.74) is 1.10. The van der Waals surface area contributed by atoms with Gasteiger partial charge in [0.05, 0.1) is 0 Å². The van der Waals surface area contributed by atoms with Crippen molar-refractivity contribution in [2.24, 2.45) is 52.3 Å². The van der Waals surface area contributed by atoms with Crippen LogP contribution in [0.25, 0.3) is 0 Å². The third kappa shape index (κ3) is 4.75. The Morgan fingerprint density at radius 1 is 1.00 bits per heavy atom. The lowest BCUT2D eigenvalue weighted by Gasteiger charge is -2.61. The maximum Gasteiger partial charge on any atom is 0.269 e. The zero-order valence-electron chi connectivity index (χ0n) is 23.0. The first kappa shape index (κ1) is 25.7. The van der Waals surface area contributed by atoms with E-state index < -0.39 is 0 Å². The van der Waals surface area contributed by atoms with Gasteiger partial charge in [-0.25, -0.2) is 4.98 Å². The number of rotatable bonds is 6. The van der Waals surface area contributed by atoms with E-state index >= 15 is 0 Å². The Morgan fingerprint density at radius 3 is 2.51 bits per heavy atom. The van der Waals surface area contributed by atoms with Gasteiger partial charge >= 0.3 is 0 Å². The zero-order chi connectivity index (χ0) is 24.8. The molecular weight excluding hydrogens is 448 g/mol. The first-order valence-corrected chi connectivity index (χ1v) is 15.3. The molecule has 0 radical (unpaired) electrons. The first-order valence-electron chi connectivity index (χ1n) is 14.9. The Labute approximate surface area is 220 Å². The van der Waals surface area contributed by atoms with Crippen molar-refractivity contribution in [1.29, 1.82) is 0 Å². The molecule has 0 N–H and O–H groups in total. The SMILES string of the molecule is CC(C)CCC[C@@H](C)[C@H]1CC[C@H]2[C@@H]3CC[C@H]4C[C@@H](OC(=S)n5ccnc5)CC[C@]4(C)[C@H]3CC[C@]12C. The molecule has 3 nitrogen and oxygen atoms in total. The maximum absolute atomic E-state index is 6.29. The minimum atomic E-state index is 0.274. The van der Waals surface area contributed by atoms with E-state index in [1.807, 2.05) is 10.8 Å². The van der Waals surface area contributed by atoms with Gasteiger partial charge in [-0.1, -0.05) is 53.9 Å². The predicted octanol–water partition coefficient (Wildman–Crippen LogP) is 8.52. The average Bonchev–Trinajstić information content (AvgIpc) is 3.47. The second-order valence-electron chi connectivity index (χ2n) is 13.9. The second kappa shape index (κ2) is 10.1. The monoisotopic (exact) mass is 498 g/mol. The second-order valence-corrected chi connectivity index (χ2v) is 14.3. The molecule has 0 bridgehead atoms. The number of ether oxygens (including phenoxy) is 1. The molecule has 35 heavy (non-hydrogen) atoms. The van der Waals surface area contributed by atoms with E-state index in [2.05, 4.69) is 39.6 Å². The molecular formula is C31H50N2OS. The fourth-order valence-corrected chi connectivity index (χ4v) is 10.2. The van der Waals surface area contributed by atoms with Crippen molar-refractivity contribution in [3.05, 3.63) is 18.7 Å². The van der Waals surface area contributed by atoms with Crippen LogP contribution in [0.3, 0.4) is 0 Å². The maximum atomic E-state index is 6.29. The van der Waals surface area contributed by atoms with Crippen molar-refractivity contribution < 1.29 is 4.74 Å². The summed E-state index contributed by atoms with van der Waals surface area (Å²) in [4.78, 5) is 4.12. The zero-order valence-corrected chi connectivity index (χ0v) is 23.9. The van der Waals surface area contributed by atoms with E-state index in [-0.39, 0.29) is 6.10 Å². The summed E-state index contributed by atoms with van der Waals surface area (Å²) in [5, 5.41) is 0.567. The summed E-state index contributed by atoms with van der Waals surface area (Å²) in [6.07, 6.45) is 22.4. The van der Waals surface area contributed by atoms with Crippen LogP contribution in [0.1, 0.15) is 112 Å². The molecule has 4 saturated carbocycles. The van der Waals surface area contributed by atoms with Gasteiger partial charge in [0.15, 0.2) is 0 Å².